The molecule has 0 bridgehead atoms. The van der Waals surface area contributed by atoms with Gasteiger partial charge in [-0.05, 0) is 42.0 Å². The molecule has 2 aromatic carbocycles. The second-order valence-corrected chi connectivity index (χ2v) is 6.04. The monoisotopic (exact) mass is 318 g/mol. The number of nitrogen functional groups attached to an aromatic ring is 1. The molecule has 2 N–H and O–H groups in total. The quantitative estimate of drug-likeness (QED) is 0.551. The Balaban J connectivity index is 1.93. The average molecular weight is 319 g/mol. The van der Waals surface area contributed by atoms with Crippen molar-refractivity contribution in [1.82, 2.24) is 4.98 Å². The van der Waals surface area contributed by atoms with E-state index in [4.69, 9.17) is 17.3 Å². The Morgan fingerprint density at radius 2 is 2.05 bits per heavy atom. The van der Waals surface area contributed by atoms with E-state index in [-0.39, 0.29) is 5.82 Å². The Kier molecular flexibility index (Phi) is 3.99. The summed E-state index contributed by atoms with van der Waals surface area (Å²) in [4.78, 5) is 5.22. The van der Waals surface area contributed by atoms with Gasteiger partial charge in [0, 0.05) is 27.9 Å². The zero-order chi connectivity index (χ0) is 14.8. The number of rotatable bonds is 3. The summed E-state index contributed by atoms with van der Waals surface area (Å²) in [6, 6.07) is 12.0. The summed E-state index contributed by atoms with van der Waals surface area (Å²) in [6.45, 7) is 0. The van der Waals surface area contributed by atoms with Gasteiger partial charge in [-0.1, -0.05) is 17.7 Å². The van der Waals surface area contributed by atoms with Crippen LogP contribution in [0.15, 0.2) is 53.6 Å². The highest BCUT2D eigenvalue weighted by atomic mass is 35.5. The van der Waals surface area contributed by atoms with Crippen LogP contribution in [0.2, 0.25) is 5.02 Å². The maximum Gasteiger partial charge on any atom is 0.124 e. The third kappa shape index (κ3) is 3.12. The van der Waals surface area contributed by atoms with Gasteiger partial charge in [-0.25, -0.2) is 4.39 Å². The van der Waals surface area contributed by atoms with Crippen molar-refractivity contribution in [2.24, 2.45) is 0 Å². The number of fused-ring (bicyclic) bond motifs is 1. The number of pyridine rings is 1. The molecule has 0 aliphatic rings. The minimum Gasteiger partial charge on any atom is -0.399 e. The van der Waals surface area contributed by atoms with Crippen LogP contribution in [0.4, 0.5) is 10.1 Å². The molecule has 0 unspecified atom stereocenters. The summed E-state index contributed by atoms with van der Waals surface area (Å²) >= 11 is 7.67. The van der Waals surface area contributed by atoms with E-state index in [0.717, 1.165) is 21.4 Å². The Labute approximate surface area is 131 Å². The van der Waals surface area contributed by atoms with Crippen LogP contribution >= 0.6 is 23.4 Å². The van der Waals surface area contributed by atoms with Crippen molar-refractivity contribution in [2.75, 3.05) is 5.73 Å². The summed E-state index contributed by atoms with van der Waals surface area (Å²) in [6.07, 6.45) is 1.71. The lowest BCUT2D eigenvalue weighted by Crippen LogP contribution is -1.90. The maximum absolute atomic E-state index is 13.7. The van der Waals surface area contributed by atoms with Gasteiger partial charge in [0.25, 0.3) is 0 Å². The second-order valence-electron chi connectivity index (χ2n) is 4.62. The van der Waals surface area contributed by atoms with Crippen LogP contribution in [0.3, 0.4) is 0 Å². The number of hydrogen-bond acceptors (Lipinski definition) is 3. The molecule has 0 radical (unpaired) electrons. The summed E-state index contributed by atoms with van der Waals surface area (Å²) in [5, 5.41) is 1.44. The minimum absolute atomic E-state index is 0.259. The summed E-state index contributed by atoms with van der Waals surface area (Å²) in [5.41, 5.74) is 8.08. The zero-order valence-electron chi connectivity index (χ0n) is 11.0. The molecule has 1 aromatic heterocycles. The van der Waals surface area contributed by atoms with Crippen molar-refractivity contribution in [2.45, 2.75) is 10.6 Å². The first-order chi connectivity index (χ1) is 10.1. The van der Waals surface area contributed by atoms with Gasteiger partial charge in [0.2, 0.25) is 0 Å². The van der Waals surface area contributed by atoms with Gasteiger partial charge in [0.1, 0.15) is 5.82 Å². The SMILES string of the molecule is Nc1ccc(Cl)c(SCc2cc(F)cc3cccnc23)c1. The second kappa shape index (κ2) is 5.92. The molecule has 0 aliphatic carbocycles. The van der Waals surface area contributed by atoms with Crippen LogP contribution in [0.5, 0.6) is 0 Å². The largest absolute Gasteiger partial charge is 0.399 e. The Hall–Kier alpha value is -1.78. The molecular weight excluding hydrogens is 307 g/mol. The maximum atomic E-state index is 13.7. The van der Waals surface area contributed by atoms with E-state index in [0.29, 0.717) is 16.5 Å². The van der Waals surface area contributed by atoms with E-state index >= 15 is 0 Å². The van der Waals surface area contributed by atoms with Gasteiger partial charge in [-0.2, -0.15) is 0 Å². The van der Waals surface area contributed by atoms with Crippen molar-refractivity contribution in [3.05, 3.63) is 65.1 Å². The van der Waals surface area contributed by atoms with Crippen LogP contribution in [-0.2, 0) is 5.75 Å². The van der Waals surface area contributed by atoms with E-state index in [2.05, 4.69) is 4.98 Å². The lowest BCUT2D eigenvalue weighted by atomic mass is 10.1. The molecule has 0 spiro atoms. The summed E-state index contributed by atoms with van der Waals surface area (Å²) in [5.74, 6) is 0.318. The van der Waals surface area contributed by atoms with Gasteiger partial charge in [-0.15, -0.1) is 11.8 Å². The number of anilines is 1. The Bertz CT molecular complexity index is 807. The van der Waals surface area contributed by atoms with Crippen LogP contribution in [0.25, 0.3) is 10.9 Å². The van der Waals surface area contributed by atoms with Crippen molar-refractivity contribution < 1.29 is 4.39 Å². The molecule has 0 saturated heterocycles. The molecule has 3 rings (SSSR count). The lowest BCUT2D eigenvalue weighted by Gasteiger charge is -2.08. The standard InChI is InChI=1S/C16H12ClFN2S/c17-14-4-3-13(19)8-15(14)21-9-11-7-12(18)6-10-2-1-5-20-16(10)11/h1-8H,9,19H2. The van der Waals surface area contributed by atoms with Gasteiger partial charge < -0.3 is 5.73 Å². The first kappa shape index (κ1) is 14.2. The van der Waals surface area contributed by atoms with E-state index < -0.39 is 0 Å². The lowest BCUT2D eigenvalue weighted by molar-refractivity contribution is 0.628. The van der Waals surface area contributed by atoms with Crippen LogP contribution < -0.4 is 5.73 Å². The van der Waals surface area contributed by atoms with Crippen molar-refractivity contribution in [3.63, 3.8) is 0 Å². The normalized spacial score (nSPS) is 11.0. The average Bonchev–Trinajstić information content (AvgIpc) is 2.47. The smallest absolute Gasteiger partial charge is 0.124 e. The number of aromatic nitrogens is 1. The van der Waals surface area contributed by atoms with Gasteiger partial charge in [0.05, 0.1) is 10.5 Å². The highest BCUT2D eigenvalue weighted by Crippen LogP contribution is 2.33. The van der Waals surface area contributed by atoms with Gasteiger partial charge >= 0.3 is 0 Å². The number of nitrogens with zero attached hydrogens (tertiary/aromatic N) is 1. The fraction of sp³-hybridized carbons (Fsp3) is 0.0625. The molecule has 5 heteroatoms. The predicted octanol–water partition coefficient (Wildman–Crippen LogP) is 4.90. The molecule has 0 saturated carbocycles. The zero-order valence-corrected chi connectivity index (χ0v) is 12.6. The molecule has 21 heavy (non-hydrogen) atoms. The number of thioether (sulfide) groups is 1. The van der Waals surface area contributed by atoms with E-state index in [1.165, 1.54) is 23.9 Å². The number of benzene rings is 2. The highest BCUT2D eigenvalue weighted by Gasteiger charge is 2.08. The summed E-state index contributed by atoms with van der Waals surface area (Å²) in [7, 11) is 0. The number of nitrogens with two attached hydrogens (primary N) is 1. The molecule has 1 heterocycles. The third-order valence-corrected chi connectivity index (χ3v) is 4.63. The molecule has 0 aliphatic heterocycles. The molecule has 0 atom stereocenters. The van der Waals surface area contributed by atoms with Crippen LogP contribution in [0.1, 0.15) is 5.56 Å². The third-order valence-electron chi connectivity index (χ3n) is 3.09. The van der Waals surface area contributed by atoms with Gasteiger partial charge in [0.15, 0.2) is 0 Å². The molecule has 3 aromatic rings. The van der Waals surface area contributed by atoms with Gasteiger partial charge in [-0.3, -0.25) is 4.98 Å². The first-order valence-corrected chi connectivity index (χ1v) is 7.71. The van der Waals surface area contributed by atoms with Crippen molar-refractivity contribution in [1.29, 1.82) is 0 Å². The van der Waals surface area contributed by atoms with E-state index in [1.54, 1.807) is 24.4 Å². The molecular formula is C16H12ClFN2S. The Morgan fingerprint density at radius 1 is 1.19 bits per heavy atom. The topological polar surface area (TPSA) is 38.9 Å². The first-order valence-electron chi connectivity index (χ1n) is 6.34. The van der Waals surface area contributed by atoms with Crippen molar-refractivity contribution in [3.8, 4) is 0 Å². The number of halogens is 2. The van der Waals surface area contributed by atoms with E-state index in [9.17, 15) is 4.39 Å². The fourth-order valence-corrected chi connectivity index (χ4v) is 3.36. The fourth-order valence-electron chi connectivity index (χ4n) is 2.12. The molecule has 0 amide bonds. The van der Waals surface area contributed by atoms with Crippen LogP contribution in [-0.4, -0.2) is 4.98 Å². The Morgan fingerprint density at radius 3 is 2.90 bits per heavy atom. The predicted molar refractivity (Wildman–Crippen MR) is 87.1 cm³/mol. The highest BCUT2D eigenvalue weighted by molar-refractivity contribution is 7.98. The number of hydrogen-bond donors (Lipinski definition) is 1. The minimum atomic E-state index is -0.259. The summed E-state index contributed by atoms with van der Waals surface area (Å²) < 4.78 is 13.7. The van der Waals surface area contributed by atoms with Crippen molar-refractivity contribution >= 4 is 40.0 Å². The molecule has 2 nitrogen and oxygen atoms in total. The van der Waals surface area contributed by atoms with E-state index in [1.807, 2.05) is 12.1 Å². The molecule has 106 valence electrons. The molecule has 0 fully saturated rings. The van der Waals surface area contributed by atoms with Crippen LogP contribution in [0, 0.1) is 5.82 Å².